The van der Waals surface area contributed by atoms with Crippen LogP contribution in [0.25, 0.3) is 0 Å². The van der Waals surface area contributed by atoms with Crippen LogP contribution in [-0.2, 0) is 4.79 Å². The Labute approximate surface area is 184 Å². The molecule has 2 aliphatic heterocycles. The van der Waals surface area contributed by atoms with Gasteiger partial charge >= 0.3 is 0 Å². The first kappa shape index (κ1) is 21.4. The van der Waals surface area contributed by atoms with E-state index in [4.69, 9.17) is 14.6 Å². The topological polar surface area (TPSA) is 54.4 Å². The first-order chi connectivity index (χ1) is 15.1. The number of para-hydroxylation sites is 1. The second-order valence-electron chi connectivity index (χ2n) is 8.43. The lowest BCUT2D eigenvalue weighted by atomic mass is 9.97. The van der Waals surface area contributed by atoms with Crippen molar-refractivity contribution in [1.82, 2.24) is 9.91 Å². The number of benzene rings is 2. The third-order valence-electron chi connectivity index (χ3n) is 6.32. The number of methoxy groups -OCH3 is 2. The molecule has 1 fully saturated rings. The molecule has 1 saturated heterocycles. The largest absolute Gasteiger partial charge is 0.497 e. The zero-order valence-corrected chi connectivity index (χ0v) is 18.6. The number of amides is 1. The SMILES string of the molecule is COc1ccc(C2=NN(C(=O)CN3CCC(C)CC3)C(c3ccccc3OC)C2)cc1. The molecule has 1 atom stereocenters. The van der Waals surface area contributed by atoms with E-state index in [9.17, 15) is 4.79 Å². The fraction of sp³-hybridized carbons (Fsp3) is 0.440. The van der Waals surface area contributed by atoms with Crippen molar-refractivity contribution in [3.63, 3.8) is 0 Å². The van der Waals surface area contributed by atoms with Crippen molar-refractivity contribution < 1.29 is 14.3 Å². The number of ether oxygens (including phenoxy) is 2. The number of carbonyl (C=O) groups is 1. The van der Waals surface area contributed by atoms with E-state index >= 15 is 0 Å². The monoisotopic (exact) mass is 421 g/mol. The second-order valence-corrected chi connectivity index (χ2v) is 8.43. The van der Waals surface area contributed by atoms with Crippen molar-refractivity contribution >= 4 is 11.6 Å². The molecule has 6 nitrogen and oxygen atoms in total. The molecule has 0 radical (unpaired) electrons. The zero-order chi connectivity index (χ0) is 21.8. The fourth-order valence-electron chi connectivity index (χ4n) is 4.37. The molecule has 6 heteroatoms. The Kier molecular flexibility index (Phi) is 6.56. The Hall–Kier alpha value is -2.86. The van der Waals surface area contributed by atoms with E-state index in [1.807, 2.05) is 48.5 Å². The van der Waals surface area contributed by atoms with E-state index in [1.165, 1.54) is 0 Å². The first-order valence-electron chi connectivity index (χ1n) is 11.0. The number of piperidine rings is 1. The summed E-state index contributed by atoms with van der Waals surface area (Å²) >= 11 is 0. The molecule has 2 aliphatic rings. The first-order valence-corrected chi connectivity index (χ1v) is 11.0. The molecule has 0 aliphatic carbocycles. The van der Waals surface area contributed by atoms with Crippen molar-refractivity contribution in [2.75, 3.05) is 33.9 Å². The minimum Gasteiger partial charge on any atom is -0.497 e. The van der Waals surface area contributed by atoms with Crippen LogP contribution in [0.2, 0.25) is 0 Å². The Morgan fingerprint density at radius 1 is 1.03 bits per heavy atom. The second kappa shape index (κ2) is 9.52. The van der Waals surface area contributed by atoms with E-state index in [1.54, 1.807) is 19.2 Å². The highest BCUT2D eigenvalue weighted by Gasteiger charge is 2.35. The number of carbonyl (C=O) groups excluding carboxylic acids is 1. The van der Waals surface area contributed by atoms with E-state index < -0.39 is 0 Å². The normalized spacial score (nSPS) is 19.9. The Morgan fingerprint density at radius 2 is 1.74 bits per heavy atom. The standard InChI is InChI=1S/C25H31N3O3/c1-18-12-14-27(15-13-18)17-25(29)28-23(21-6-4-5-7-24(21)31-3)16-22(26-28)19-8-10-20(30-2)11-9-19/h4-11,18,23H,12-17H2,1-3H3. The van der Waals surface area contributed by atoms with Crippen molar-refractivity contribution in [3.05, 3.63) is 59.7 Å². The van der Waals surface area contributed by atoms with Gasteiger partial charge in [0.2, 0.25) is 0 Å². The molecule has 164 valence electrons. The van der Waals surface area contributed by atoms with Gasteiger partial charge in [0.25, 0.3) is 5.91 Å². The average molecular weight is 422 g/mol. The molecule has 31 heavy (non-hydrogen) atoms. The van der Waals surface area contributed by atoms with Crippen LogP contribution in [0.3, 0.4) is 0 Å². The summed E-state index contributed by atoms with van der Waals surface area (Å²) < 4.78 is 10.9. The molecule has 0 aromatic heterocycles. The molecule has 1 unspecified atom stereocenters. The average Bonchev–Trinajstić information content (AvgIpc) is 3.26. The van der Waals surface area contributed by atoms with E-state index in [-0.39, 0.29) is 11.9 Å². The molecular formula is C25H31N3O3. The summed E-state index contributed by atoms with van der Waals surface area (Å²) in [7, 11) is 3.32. The number of likely N-dealkylation sites (tertiary alicyclic amines) is 1. The van der Waals surface area contributed by atoms with Crippen LogP contribution in [0.15, 0.2) is 53.6 Å². The summed E-state index contributed by atoms with van der Waals surface area (Å²) in [5, 5.41) is 6.48. The minimum atomic E-state index is -0.176. The predicted octanol–water partition coefficient (Wildman–Crippen LogP) is 4.11. The maximum atomic E-state index is 13.4. The number of rotatable bonds is 6. The molecule has 0 N–H and O–H groups in total. The van der Waals surface area contributed by atoms with Gasteiger partial charge in [-0.2, -0.15) is 5.10 Å². The van der Waals surface area contributed by atoms with E-state index in [0.29, 0.717) is 13.0 Å². The van der Waals surface area contributed by atoms with Gasteiger partial charge < -0.3 is 9.47 Å². The highest BCUT2D eigenvalue weighted by molar-refractivity contribution is 6.03. The van der Waals surface area contributed by atoms with Gasteiger partial charge in [-0.1, -0.05) is 25.1 Å². The van der Waals surface area contributed by atoms with Crippen molar-refractivity contribution in [1.29, 1.82) is 0 Å². The fourth-order valence-corrected chi connectivity index (χ4v) is 4.37. The maximum Gasteiger partial charge on any atom is 0.257 e. The van der Waals surface area contributed by atoms with Crippen LogP contribution in [0.5, 0.6) is 11.5 Å². The Bertz CT molecular complexity index is 933. The Morgan fingerprint density at radius 3 is 2.42 bits per heavy atom. The van der Waals surface area contributed by atoms with Crippen LogP contribution < -0.4 is 9.47 Å². The molecular weight excluding hydrogens is 390 g/mol. The molecule has 0 bridgehead atoms. The van der Waals surface area contributed by atoms with Gasteiger partial charge in [-0.25, -0.2) is 5.01 Å². The van der Waals surface area contributed by atoms with Crippen molar-refractivity contribution in [3.8, 4) is 11.5 Å². The van der Waals surface area contributed by atoms with Gasteiger partial charge in [-0.15, -0.1) is 0 Å². The minimum absolute atomic E-state index is 0.0361. The zero-order valence-electron chi connectivity index (χ0n) is 18.6. The van der Waals surface area contributed by atoms with Crippen LogP contribution in [0.4, 0.5) is 0 Å². The van der Waals surface area contributed by atoms with Gasteiger partial charge in [0.1, 0.15) is 11.5 Å². The third kappa shape index (κ3) is 4.74. The van der Waals surface area contributed by atoms with Gasteiger partial charge in [-0.05, 0) is 67.7 Å². The van der Waals surface area contributed by atoms with Crippen molar-refractivity contribution in [2.45, 2.75) is 32.2 Å². The van der Waals surface area contributed by atoms with Crippen molar-refractivity contribution in [2.24, 2.45) is 11.0 Å². The number of hydrogen-bond donors (Lipinski definition) is 0. The molecule has 2 aromatic carbocycles. The van der Waals surface area contributed by atoms with Gasteiger partial charge in [0.05, 0.1) is 32.5 Å². The van der Waals surface area contributed by atoms with Gasteiger partial charge in [0, 0.05) is 12.0 Å². The molecule has 0 spiro atoms. The van der Waals surface area contributed by atoms with Crippen LogP contribution in [-0.4, -0.2) is 55.4 Å². The van der Waals surface area contributed by atoms with Gasteiger partial charge in [0.15, 0.2) is 0 Å². The lowest BCUT2D eigenvalue weighted by Crippen LogP contribution is -2.41. The lowest BCUT2D eigenvalue weighted by molar-refractivity contribution is -0.134. The molecule has 1 amide bonds. The number of hydrazone groups is 1. The molecule has 2 heterocycles. The lowest BCUT2D eigenvalue weighted by Gasteiger charge is -2.31. The number of nitrogens with zero attached hydrogens (tertiary/aromatic N) is 3. The summed E-state index contributed by atoms with van der Waals surface area (Å²) in [6.07, 6.45) is 2.93. The van der Waals surface area contributed by atoms with Crippen LogP contribution in [0.1, 0.15) is 43.4 Å². The molecule has 0 saturated carbocycles. The van der Waals surface area contributed by atoms with Crippen LogP contribution in [0, 0.1) is 5.92 Å². The summed E-state index contributed by atoms with van der Waals surface area (Å²) in [6.45, 7) is 4.62. The summed E-state index contributed by atoms with van der Waals surface area (Å²) in [6, 6.07) is 15.6. The van der Waals surface area contributed by atoms with Crippen LogP contribution >= 0.6 is 0 Å². The maximum absolute atomic E-state index is 13.4. The number of hydrogen-bond acceptors (Lipinski definition) is 5. The highest BCUT2D eigenvalue weighted by Crippen LogP contribution is 2.37. The summed E-state index contributed by atoms with van der Waals surface area (Å²) in [5.74, 6) is 2.35. The predicted molar refractivity (Wildman–Crippen MR) is 122 cm³/mol. The quantitative estimate of drug-likeness (QED) is 0.704. The molecule has 2 aromatic rings. The van der Waals surface area contributed by atoms with E-state index in [2.05, 4.69) is 11.8 Å². The third-order valence-corrected chi connectivity index (χ3v) is 6.32. The smallest absolute Gasteiger partial charge is 0.257 e. The molecule has 4 rings (SSSR count). The highest BCUT2D eigenvalue weighted by atomic mass is 16.5. The van der Waals surface area contributed by atoms with E-state index in [0.717, 1.165) is 60.2 Å². The van der Waals surface area contributed by atoms with Gasteiger partial charge in [-0.3, -0.25) is 9.69 Å². The Balaban J connectivity index is 1.60. The summed E-state index contributed by atoms with van der Waals surface area (Å²) in [5.41, 5.74) is 2.89. The summed E-state index contributed by atoms with van der Waals surface area (Å²) in [4.78, 5) is 15.6.